The van der Waals surface area contributed by atoms with Crippen LogP contribution in [-0.2, 0) is 12.8 Å². The summed E-state index contributed by atoms with van der Waals surface area (Å²) in [5.41, 5.74) is 9.98. The molecule has 74 valence electrons. The Bertz CT molecular complexity index is 341. The van der Waals surface area contributed by atoms with E-state index in [2.05, 4.69) is 24.8 Å². The van der Waals surface area contributed by atoms with Crippen LogP contribution >= 0.6 is 0 Å². The molecule has 0 saturated carbocycles. The van der Waals surface area contributed by atoms with Crippen molar-refractivity contribution in [3.05, 3.63) is 41.5 Å². The van der Waals surface area contributed by atoms with Crippen molar-refractivity contribution in [3.63, 3.8) is 0 Å². The Morgan fingerprint density at radius 2 is 2.36 bits per heavy atom. The topological polar surface area (TPSA) is 26.0 Å². The zero-order valence-electron chi connectivity index (χ0n) is 8.50. The number of fused-ring (bicyclic) bond motifs is 1. The molecule has 14 heavy (non-hydrogen) atoms. The highest BCUT2D eigenvalue weighted by molar-refractivity contribution is 5.55. The third kappa shape index (κ3) is 1.60. The van der Waals surface area contributed by atoms with Gasteiger partial charge in [-0.3, -0.25) is 0 Å². The van der Waals surface area contributed by atoms with Crippen molar-refractivity contribution in [1.29, 1.82) is 0 Å². The Balaban J connectivity index is 2.35. The molecule has 0 amide bonds. The molecule has 1 aromatic carbocycles. The van der Waals surface area contributed by atoms with Crippen LogP contribution in [0.4, 0.5) is 0 Å². The molecule has 1 aliphatic rings. The number of hydrogen-bond acceptors (Lipinski definition) is 1. The number of hydrogen-bond donors (Lipinski definition) is 1. The summed E-state index contributed by atoms with van der Waals surface area (Å²) >= 11 is 0. The van der Waals surface area contributed by atoms with E-state index in [9.17, 15) is 0 Å². The SMILES string of the molecule is C=Cc1cccc2c1CCC(CN)C2. The van der Waals surface area contributed by atoms with Crippen LogP contribution in [0.1, 0.15) is 23.1 Å². The fourth-order valence-corrected chi connectivity index (χ4v) is 2.30. The lowest BCUT2D eigenvalue weighted by atomic mass is 9.82. The Labute approximate surface area is 85.6 Å². The molecule has 2 rings (SSSR count). The number of benzene rings is 1. The number of nitrogens with two attached hydrogens (primary N) is 1. The highest BCUT2D eigenvalue weighted by Gasteiger charge is 2.18. The zero-order chi connectivity index (χ0) is 9.97. The molecule has 1 nitrogen and oxygen atoms in total. The molecular formula is C13H17N. The van der Waals surface area contributed by atoms with Crippen molar-refractivity contribution in [1.82, 2.24) is 0 Å². The lowest BCUT2D eigenvalue weighted by Crippen LogP contribution is -2.22. The average molecular weight is 187 g/mol. The van der Waals surface area contributed by atoms with Gasteiger partial charge in [-0.2, -0.15) is 0 Å². The minimum Gasteiger partial charge on any atom is -0.330 e. The first-order valence-electron chi connectivity index (χ1n) is 5.28. The maximum atomic E-state index is 5.71. The van der Waals surface area contributed by atoms with Gasteiger partial charge in [0.25, 0.3) is 0 Å². The second-order valence-electron chi connectivity index (χ2n) is 4.03. The van der Waals surface area contributed by atoms with Crippen LogP contribution in [0.5, 0.6) is 0 Å². The minimum absolute atomic E-state index is 0.683. The zero-order valence-corrected chi connectivity index (χ0v) is 8.50. The molecular weight excluding hydrogens is 170 g/mol. The van der Waals surface area contributed by atoms with Crippen LogP contribution in [0.2, 0.25) is 0 Å². The molecule has 0 saturated heterocycles. The molecule has 0 aromatic heterocycles. The monoisotopic (exact) mass is 187 g/mol. The van der Waals surface area contributed by atoms with Gasteiger partial charge in [-0.05, 0) is 48.4 Å². The van der Waals surface area contributed by atoms with Crippen LogP contribution < -0.4 is 5.73 Å². The van der Waals surface area contributed by atoms with Crippen molar-refractivity contribution in [2.24, 2.45) is 11.7 Å². The standard InChI is InChI=1S/C13H17N/c1-2-11-4-3-5-12-8-10(9-14)6-7-13(11)12/h2-5,10H,1,6-9,14H2. The van der Waals surface area contributed by atoms with E-state index in [0.29, 0.717) is 5.92 Å². The van der Waals surface area contributed by atoms with Gasteiger partial charge in [0.1, 0.15) is 0 Å². The van der Waals surface area contributed by atoms with Crippen LogP contribution in [0, 0.1) is 5.92 Å². The molecule has 1 unspecified atom stereocenters. The summed E-state index contributed by atoms with van der Waals surface area (Å²) in [6.45, 7) is 4.67. The van der Waals surface area contributed by atoms with Crippen molar-refractivity contribution in [2.75, 3.05) is 6.54 Å². The first-order chi connectivity index (χ1) is 6.85. The summed E-state index contributed by atoms with van der Waals surface area (Å²) < 4.78 is 0. The Morgan fingerprint density at radius 3 is 3.07 bits per heavy atom. The molecule has 0 spiro atoms. The minimum atomic E-state index is 0.683. The van der Waals surface area contributed by atoms with Gasteiger partial charge in [0.15, 0.2) is 0 Å². The molecule has 0 aliphatic heterocycles. The van der Waals surface area contributed by atoms with E-state index in [1.807, 2.05) is 6.08 Å². The molecule has 1 atom stereocenters. The maximum Gasteiger partial charge on any atom is -0.00456 e. The van der Waals surface area contributed by atoms with Crippen LogP contribution in [0.15, 0.2) is 24.8 Å². The maximum absolute atomic E-state index is 5.71. The summed E-state index contributed by atoms with van der Waals surface area (Å²) in [7, 11) is 0. The normalized spacial score (nSPS) is 20.2. The molecule has 0 fully saturated rings. The number of rotatable bonds is 2. The summed E-state index contributed by atoms with van der Waals surface area (Å²) in [6, 6.07) is 6.49. The molecule has 0 bridgehead atoms. The average Bonchev–Trinajstić information content (AvgIpc) is 2.27. The fourth-order valence-electron chi connectivity index (χ4n) is 2.30. The summed E-state index contributed by atoms with van der Waals surface area (Å²) in [6.07, 6.45) is 5.50. The second kappa shape index (κ2) is 3.97. The van der Waals surface area contributed by atoms with E-state index in [1.54, 1.807) is 0 Å². The first kappa shape index (κ1) is 9.47. The molecule has 0 radical (unpaired) electrons. The van der Waals surface area contributed by atoms with Gasteiger partial charge in [0.2, 0.25) is 0 Å². The van der Waals surface area contributed by atoms with Crippen LogP contribution in [-0.4, -0.2) is 6.54 Å². The van der Waals surface area contributed by atoms with Gasteiger partial charge in [-0.15, -0.1) is 0 Å². The molecule has 1 heteroatoms. The van der Waals surface area contributed by atoms with Crippen molar-refractivity contribution >= 4 is 6.08 Å². The van der Waals surface area contributed by atoms with E-state index in [-0.39, 0.29) is 0 Å². The Kier molecular flexibility index (Phi) is 2.69. The second-order valence-corrected chi connectivity index (χ2v) is 4.03. The van der Waals surface area contributed by atoms with E-state index in [1.165, 1.54) is 29.5 Å². The van der Waals surface area contributed by atoms with Crippen molar-refractivity contribution in [3.8, 4) is 0 Å². The third-order valence-electron chi connectivity index (χ3n) is 3.17. The van der Waals surface area contributed by atoms with E-state index in [4.69, 9.17) is 5.73 Å². The summed E-state index contributed by atoms with van der Waals surface area (Å²) in [4.78, 5) is 0. The predicted molar refractivity (Wildman–Crippen MR) is 61.1 cm³/mol. The smallest absolute Gasteiger partial charge is 0.00456 e. The van der Waals surface area contributed by atoms with Gasteiger partial charge in [0.05, 0.1) is 0 Å². The molecule has 0 heterocycles. The van der Waals surface area contributed by atoms with Crippen molar-refractivity contribution in [2.45, 2.75) is 19.3 Å². The van der Waals surface area contributed by atoms with Gasteiger partial charge in [-0.25, -0.2) is 0 Å². The largest absolute Gasteiger partial charge is 0.330 e. The lowest BCUT2D eigenvalue weighted by molar-refractivity contribution is 0.469. The molecule has 2 N–H and O–H groups in total. The quantitative estimate of drug-likeness (QED) is 0.756. The van der Waals surface area contributed by atoms with Crippen LogP contribution in [0.25, 0.3) is 6.08 Å². The molecule has 1 aromatic rings. The summed E-state index contributed by atoms with van der Waals surface area (Å²) in [5, 5.41) is 0. The first-order valence-corrected chi connectivity index (χ1v) is 5.28. The van der Waals surface area contributed by atoms with Gasteiger partial charge in [0, 0.05) is 0 Å². The van der Waals surface area contributed by atoms with Gasteiger partial charge >= 0.3 is 0 Å². The van der Waals surface area contributed by atoms with E-state index >= 15 is 0 Å². The van der Waals surface area contributed by atoms with Crippen LogP contribution in [0.3, 0.4) is 0 Å². The predicted octanol–water partition coefficient (Wildman–Crippen LogP) is 2.39. The van der Waals surface area contributed by atoms with E-state index < -0.39 is 0 Å². The van der Waals surface area contributed by atoms with Crippen molar-refractivity contribution < 1.29 is 0 Å². The van der Waals surface area contributed by atoms with Gasteiger partial charge in [-0.1, -0.05) is 30.9 Å². The fraction of sp³-hybridized carbons (Fsp3) is 0.385. The Morgan fingerprint density at radius 1 is 1.50 bits per heavy atom. The summed E-state index contributed by atoms with van der Waals surface area (Å²) in [5.74, 6) is 0.683. The lowest BCUT2D eigenvalue weighted by Gasteiger charge is -2.24. The Hall–Kier alpha value is -1.08. The third-order valence-corrected chi connectivity index (χ3v) is 3.17. The highest BCUT2D eigenvalue weighted by atomic mass is 14.5. The van der Waals surface area contributed by atoms with E-state index in [0.717, 1.165) is 13.0 Å². The highest BCUT2D eigenvalue weighted by Crippen LogP contribution is 2.27. The van der Waals surface area contributed by atoms with Gasteiger partial charge < -0.3 is 5.73 Å². The molecule has 1 aliphatic carbocycles.